The quantitative estimate of drug-likeness (QED) is 0.697. The fourth-order valence-corrected chi connectivity index (χ4v) is 3.12. The van der Waals surface area contributed by atoms with E-state index in [1.54, 1.807) is 4.90 Å². The molecule has 92 valence electrons. The molecule has 2 heterocycles. The summed E-state index contributed by atoms with van der Waals surface area (Å²) < 4.78 is 5.33. The second-order valence-corrected chi connectivity index (χ2v) is 6.70. The second kappa shape index (κ2) is 4.11. The third kappa shape index (κ3) is 2.63. The summed E-state index contributed by atoms with van der Waals surface area (Å²) in [7, 11) is 0. The highest BCUT2D eigenvalue weighted by atomic mass is 32.2. The van der Waals surface area contributed by atoms with Crippen LogP contribution >= 0.6 is 11.8 Å². The van der Waals surface area contributed by atoms with Gasteiger partial charge in [-0.05, 0) is 20.8 Å². The van der Waals surface area contributed by atoms with E-state index in [2.05, 4.69) is 5.32 Å². The minimum absolute atomic E-state index is 0.166. The van der Waals surface area contributed by atoms with Crippen molar-refractivity contribution in [1.29, 1.82) is 0 Å². The Balaban J connectivity index is 1.81. The summed E-state index contributed by atoms with van der Waals surface area (Å²) in [5.74, 6) is 2.28. The summed E-state index contributed by atoms with van der Waals surface area (Å²) in [4.78, 5) is 13.5. The van der Waals surface area contributed by atoms with Crippen molar-refractivity contribution < 1.29 is 9.53 Å². The molecule has 0 aromatic rings. The first-order chi connectivity index (χ1) is 7.40. The first kappa shape index (κ1) is 12.0. The lowest BCUT2D eigenvalue weighted by Crippen LogP contribution is -2.73. The molecule has 0 aromatic heterocycles. The highest BCUT2D eigenvalue weighted by Crippen LogP contribution is 2.29. The molecule has 1 N–H and O–H groups in total. The number of carbonyl (C=O) groups excluding carboxylic acids is 1. The zero-order valence-electron chi connectivity index (χ0n) is 10.2. The van der Waals surface area contributed by atoms with Gasteiger partial charge >= 0.3 is 6.09 Å². The number of hydrogen-bond acceptors (Lipinski definition) is 4. The number of nitrogens with zero attached hydrogens (tertiary/aromatic N) is 1. The molecule has 0 bridgehead atoms. The fraction of sp³-hybridized carbons (Fsp3) is 0.909. The van der Waals surface area contributed by atoms with Gasteiger partial charge in [-0.2, -0.15) is 11.8 Å². The van der Waals surface area contributed by atoms with E-state index in [1.807, 2.05) is 32.5 Å². The highest BCUT2D eigenvalue weighted by molar-refractivity contribution is 7.99. The molecular formula is C11H20N2O2S. The maximum Gasteiger partial charge on any atom is 0.410 e. The molecule has 0 unspecified atom stereocenters. The molecule has 16 heavy (non-hydrogen) atoms. The van der Waals surface area contributed by atoms with Gasteiger partial charge < -0.3 is 15.0 Å². The molecule has 0 saturated carbocycles. The lowest BCUT2D eigenvalue weighted by atomic mass is 9.92. The Morgan fingerprint density at radius 3 is 2.62 bits per heavy atom. The fourth-order valence-electron chi connectivity index (χ4n) is 2.05. The van der Waals surface area contributed by atoms with Gasteiger partial charge in [-0.25, -0.2) is 4.79 Å². The second-order valence-electron chi connectivity index (χ2n) is 5.60. The molecular weight excluding hydrogens is 224 g/mol. The molecule has 0 radical (unpaired) electrons. The molecule has 1 amide bonds. The zero-order chi connectivity index (χ0) is 11.8. The topological polar surface area (TPSA) is 41.6 Å². The van der Waals surface area contributed by atoms with E-state index < -0.39 is 5.60 Å². The Bertz CT molecular complexity index is 274. The minimum Gasteiger partial charge on any atom is -0.444 e. The van der Waals surface area contributed by atoms with Crippen molar-refractivity contribution in [2.75, 3.05) is 31.1 Å². The smallest absolute Gasteiger partial charge is 0.410 e. The van der Waals surface area contributed by atoms with Crippen LogP contribution in [0.25, 0.3) is 0 Å². The van der Waals surface area contributed by atoms with E-state index in [9.17, 15) is 4.79 Å². The first-order valence-electron chi connectivity index (χ1n) is 5.71. The van der Waals surface area contributed by atoms with Crippen LogP contribution in [0.1, 0.15) is 20.8 Å². The molecule has 1 spiro atoms. The predicted octanol–water partition coefficient (Wildman–Crippen LogP) is 1.31. The van der Waals surface area contributed by atoms with Crippen LogP contribution in [-0.2, 0) is 4.74 Å². The summed E-state index contributed by atoms with van der Waals surface area (Å²) in [6.07, 6.45) is -0.185. The van der Waals surface area contributed by atoms with Crippen molar-refractivity contribution in [3.63, 3.8) is 0 Å². The van der Waals surface area contributed by atoms with E-state index in [1.165, 1.54) is 5.75 Å². The van der Waals surface area contributed by atoms with Crippen LogP contribution in [0.4, 0.5) is 4.79 Å². The Hall–Kier alpha value is -0.420. The average molecular weight is 244 g/mol. The number of likely N-dealkylation sites (tertiary alicyclic amines) is 1. The predicted molar refractivity (Wildman–Crippen MR) is 65.9 cm³/mol. The van der Waals surface area contributed by atoms with Crippen LogP contribution in [0.5, 0.6) is 0 Å². The van der Waals surface area contributed by atoms with Crippen molar-refractivity contribution in [3.05, 3.63) is 0 Å². The maximum atomic E-state index is 11.7. The largest absolute Gasteiger partial charge is 0.444 e. The third-order valence-corrected chi connectivity index (χ3v) is 4.01. The number of thioether (sulfide) groups is 1. The van der Waals surface area contributed by atoms with Crippen molar-refractivity contribution in [1.82, 2.24) is 10.2 Å². The molecule has 2 aliphatic rings. The van der Waals surface area contributed by atoms with Crippen molar-refractivity contribution >= 4 is 17.9 Å². The van der Waals surface area contributed by atoms with Gasteiger partial charge in [0.25, 0.3) is 0 Å². The van der Waals surface area contributed by atoms with Crippen LogP contribution < -0.4 is 5.32 Å². The Kier molecular flexibility index (Phi) is 3.09. The van der Waals surface area contributed by atoms with Crippen molar-refractivity contribution in [3.8, 4) is 0 Å². The van der Waals surface area contributed by atoms with E-state index in [0.717, 1.165) is 25.4 Å². The van der Waals surface area contributed by atoms with Crippen molar-refractivity contribution in [2.45, 2.75) is 31.9 Å². The van der Waals surface area contributed by atoms with E-state index in [4.69, 9.17) is 4.74 Å². The summed E-state index contributed by atoms with van der Waals surface area (Å²) in [5, 5.41) is 3.51. The van der Waals surface area contributed by atoms with Crippen LogP contribution in [0, 0.1) is 0 Å². The zero-order valence-corrected chi connectivity index (χ0v) is 11.0. The maximum absolute atomic E-state index is 11.7. The molecule has 2 fully saturated rings. The van der Waals surface area contributed by atoms with Gasteiger partial charge in [-0.1, -0.05) is 0 Å². The SMILES string of the molecule is CC(C)(C)OC(=O)N1CC2(CSCCN2)C1. The number of ether oxygens (including phenoxy) is 1. The van der Waals surface area contributed by atoms with E-state index in [0.29, 0.717) is 0 Å². The van der Waals surface area contributed by atoms with Gasteiger partial charge in [0.05, 0.1) is 5.54 Å². The molecule has 0 aliphatic carbocycles. The van der Waals surface area contributed by atoms with E-state index >= 15 is 0 Å². The molecule has 0 atom stereocenters. The van der Waals surface area contributed by atoms with Crippen LogP contribution in [0.15, 0.2) is 0 Å². The average Bonchev–Trinajstić information content (AvgIpc) is 2.12. The summed E-state index contributed by atoms with van der Waals surface area (Å²) in [6.45, 7) is 8.32. The van der Waals surface area contributed by atoms with E-state index in [-0.39, 0.29) is 11.6 Å². The number of amides is 1. The molecule has 4 nitrogen and oxygen atoms in total. The first-order valence-corrected chi connectivity index (χ1v) is 6.86. The Labute approximate surface area is 101 Å². The standard InChI is InChI=1S/C11H20N2O2S/c1-10(2,3)15-9(14)13-6-11(7-13)8-16-5-4-12-11/h12H,4-8H2,1-3H3. The number of nitrogens with one attached hydrogen (secondary N) is 1. The summed E-state index contributed by atoms with van der Waals surface area (Å²) >= 11 is 1.96. The Morgan fingerprint density at radius 1 is 1.44 bits per heavy atom. The lowest BCUT2D eigenvalue weighted by Gasteiger charge is -2.52. The van der Waals surface area contributed by atoms with Gasteiger partial charge in [-0.15, -0.1) is 0 Å². The summed E-state index contributed by atoms with van der Waals surface area (Å²) in [6, 6.07) is 0. The van der Waals surface area contributed by atoms with Gasteiger partial charge in [0.1, 0.15) is 5.60 Å². The minimum atomic E-state index is -0.394. The molecule has 5 heteroatoms. The van der Waals surface area contributed by atoms with Crippen LogP contribution in [-0.4, -0.2) is 53.3 Å². The normalized spacial score (nSPS) is 24.1. The molecule has 2 saturated heterocycles. The number of rotatable bonds is 0. The van der Waals surface area contributed by atoms with Gasteiger partial charge in [0.15, 0.2) is 0 Å². The monoisotopic (exact) mass is 244 g/mol. The van der Waals surface area contributed by atoms with Crippen LogP contribution in [0.3, 0.4) is 0 Å². The number of carbonyl (C=O) groups is 1. The summed E-state index contributed by atoms with van der Waals surface area (Å²) in [5.41, 5.74) is -0.228. The number of hydrogen-bond donors (Lipinski definition) is 1. The van der Waals surface area contributed by atoms with Gasteiger partial charge in [0.2, 0.25) is 0 Å². The molecule has 0 aromatic carbocycles. The highest BCUT2D eigenvalue weighted by Gasteiger charge is 2.47. The lowest BCUT2D eigenvalue weighted by molar-refractivity contribution is -0.0113. The third-order valence-electron chi connectivity index (χ3n) is 2.76. The van der Waals surface area contributed by atoms with Gasteiger partial charge in [0, 0.05) is 31.1 Å². The molecule has 2 aliphatic heterocycles. The molecule has 2 rings (SSSR count). The Morgan fingerprint density at radius 2 is 2.12 bits per heavy atom. The van der Waals surface area contributed by atoms with Crippen LogP contribution in [0.2, 0.25) is 0 Å². The van der Waals surface area contributed by atoms with Gasteiger partial charge in [-0.3, -0.25) is 0 Å². The van der Waals surface area contributed by atoms with Crippen molar-refractivity contribution in [2.24, 2.45) is 0 Å².